The van der Waals surface area contributed by atoms with Gasteiger partial charge in [-0.2, -0.15) is 5.10 Å². The van der Waals surface area contributed by atoms with Crippen molar-refractivity contribution in [3.63, 3.8) is 0 Å². The topological polar surface area (TPSA) is 57.8 Å². The van der Waals surface area contributed by atoms with Gasteiger partial charge in [0.15, 0.2) is 0 Å². The molecule has 0 spiro atoms. The van der Waals surface area contributed by atoms with Gasteiger partial charge in [-0.25, -0.2) is 0 Å². The van der Waals surface area contributed by atoms with Gasteiger partial charge in [-0.15, -0.1) is 0 Å². The highest BCUT2D eigenvalue weighted by Crippen LogP contribution is 2.12. The lowest BCUT2D eigenvalue weighted by molar-refractivity contribution is 0.0951. The Kier molecular flexibility index (Phi) is 2.98. The summed E-state index contributed by atoms with van der Waals surface area (Å²) >= 11 is 0. The molecule has 0 aliphatic rings. The number of aromatic nitrogens is 2. The predicted octanol–water partition coefficient (Wildman–Crippen LogP) is 2.49. The van der Waals surface area contributed by atoms with Gasteiger partial charge in [-0.3, -0.25) is 9.89 Å². The third-order valence-corrected chi connectivity index (χ3v) is 3.00. The van der Waals surface area contributed by atoms with Crippen molar-refractivity contribution in [2.75, 3.05) is 0 Å². The Morgan fingerprint density at radius 2 is 2.00 bits per heavy atom. The molecule has 0 aliphatic heterocycles. The van der Waals surface area contributed by atoms with E-state index in [2.05, 4.69) is 15.5 Å². The molecular formula is C15H13N3O. The fraction of sp³-hybridized carbons (Fsp3) is 0.0667. The molecule has 4 nitrogen and oxygen atoms in total. The number of benzene rings is 2. The largest absolute Gasteiger partial charge is 0.348 e. The lowest BCUT2D eigenvalue weighted by Crippen LogP contribution is -2.22. The summed E-state index contributed by atoms with van der Waals surface area (Å²) in [5.74, 6) is -0.0830. The van der Waals surface area contributed by atoms with E-state index in [0.29, 0.717) is 12.1 Å². The van der Waals surface area contributed by atoms with Gasteiger partial charge in [0.1, 0.15) is 0 Å². The third kappa shape index (κ3) is 2.47. The number of amides is 1. The van der Waals surface area contributed by atoms with Gasteiger partial charge < -0.3 is 5.32 Å². The van der Waals surface area contributed by atoms with Gasteiger partial charge in [0.25, 0.3) is 5.91 Å². The highest BCUT2D eigenvalue weighted by Gasteiger charge is 2.06. The van der Waals surface area contributed by atoms with E-state index >= 15 is 0 Å². The molecule has 2 aromatic carbocycles. The molecule has 0 saturated heterocycles. The van der Waals surface area contributed by atoms with E-state index < -0.39 is 0 Å². The van der Waals surface area contributed by atoms with Crippen molar-refractivity contribution >= 4 is 16.8 Å². The highest BCUT2D eigenvalue weighted by molar-refractivity contribution is 5.97. The zero-order valence-corrected chi connectivity index (χ0v) is 10.3. The Labute approximate surface area is 110 Å². The number of fused-ring (bicyclic) bond motifs is 1. The maximum absolute atomic E-state index is 12.0. The SMILES string of the molecule is O=C(NCc1ccccc1)c1ccc2cn[nH]c2c1. The van der Waals surface area contributed by atoms with Crippen LogP contribution in [0.4, 0.5) is 0 Å². The molecule has 1 heterocycles. The molecule has 94 valence electrons. The van der Waals surface area contributed by atoms with Crippen molar-refractivity contribution in [3.8, 4) is 0 Å². The average Bonchev–Trinajstić information content (AvgIpc) is 2.93. The number of nitrogens with zero attached hydrogens (tertiary/aromatic N) is 1. The van der Waals surface area contributed by atoms with E-state index in [1.165, 1.54) is 0 Å². The van der Waals surface area contributed by atoms with Gasteiger partial charge in [-0.05, 0) is 17.7 Å². The van der Waals surface area contributed by atoms with Crippen LogP contribution in [0.3, 0.4) is 0 Å². The van der Waals surface area contributed by atoms with Crippen LogP contribution in [0.1, 0.15) is 15.9 Å². The van der Waals surface area contributed by atoms with Crippen LogP contribution in [0.2, 0.25) is 0 Å². The lowest BCUT2D eigenvalue weighted by Gasteiger charge is -2.05. The number of carbonyl (C=O) groups excluding carboxylic acids is 1. The van der Waals surface area contributed by atoms with Crippen LogP contribution in [-0.2, 0) is 6.54 Å². The van der Waals surface area contributed by atoms with Crippen LogP contribution in [0.5, 0.6) is 0 Å². The van der Waals surface area contributed by atoms with Crippen molar-refractivity contribution in [1.29, 1.82) is 0 Å². The average molecular weight is 251 g/mol. The summed E-state index contributed by atoms with van der Waals surface area (Å²) < 4.78 is 0. The number of aromatic amines is 1. The zero-order chi connectivity index (χ0) is 13.1. The summed E-state index contributed by atoms with van der Waals surface area (Å²) in [4.78, 5) is 12.0. The number of rotatable bonds is 3. The van der Waals surface area contributed by atoms with Crippen molar-refractivity contribution in [3.05, 3.63) is 65.9 Å². The summed E-state index contributed by atoms with van der Waals surface area (Å²) in [6.45, 7) is 0.528. The van der Waals surface area contributed by atoms with Crippen LogP contribution >= 0.6 is 0 Å². The smallest absolute Gasteiger partial charge is 0.251 e. The molecule has 3 aromatic rings. The first-order valence-electron chi connectivity index (χ1n) is 6.08. The number of hydrogen-bond acceptors (Lipinski definition) is 2. The van der Waals surface area contributed by atoms with Crippen LogP contribution < -0.4 is 5.32 Å². The molecule has 0 fully saturated rings. The summed E-state index contributed by atoms with van der Waals surface area (Å²) in [5.41, 5.74) is 2.58. The van der Waals surface area contributed by atoms with Crippen molar-refractivity contribution in [2.45, 2.75) is 6.54 Å². The Morgan fingerprint density at radius 1 is 1.16 bits per heavy atom. The molecule has 4 heteroatoms. The van der Waals surface area contributed by atoms with Gasteiger partial charge in [0.2, 0.25) is 0 Å². The quantitative estimate of drug-likeness (QED) is 0.751. The number of carbonyl (C=O) groups is 1. The first kappa shape index (κ1) is 11.5. The van der Waals surface area contributed by atoms with E-state index in [1.54, 1.807) is 12.3 Å². The molecule has 3 rings (SSSR count). The molecule has 0 aliphatic carbocycles. The molecule has 1 amide bonds. The normalized spacial score (nSPS) is 10.5. The van der Waals surface area contributed by atoms with Gasteiger partial charge in [0, 0.05) is 17.5 Å². The third-order valence-electron chi connectivity index (χ3n) is 3.00. The second-order valence-corrected chi connectivity index (χ2v) is 4.34. The first-order chi connectivity index (χ1) is 9.33. The summed E-state index contributed by atoms with van der Waals surface area (Å²) in [7, 11) is 0. The van der Waals surface area contributed by atoms with E-state index in [-0.39, 0.29) is 5.91 Å². The maximum atomic E-state index is 12.0. The summed E-state index contributed by atoms with van der Waals surface area (Å²) in [6.07, 6.45) is 1.74. The fourth-order valence-electron chi connectivity index (χ4n) is 1.96. The maximum Gasteiger partial charge on any atom is 0.251 e. The van der Waals surface area contributed by atoms with E-state index in [0.717, 1.165) is 16.5 Å². The van der Waals surface area contributed by atoms with Crippen LogP contribution in [0.15, 0.2) is 54.7 Å². The minimum atomic E-state index is -0.0830. The van der Waals surface area contributed by atoms with Crippen LogP contribution in [0.25, 0.3) is 10.9 Å². The minimum absolute atomic E-state index is 0.0830. The predicted molar refractivity (Wildman–Crippen MR) is 73.7 cm³/mol. The fourth-order valence-corrected chi connectivity index (χ4v) is 1.96. The summed E-state index contributed by atoms with van der Waals surface area (Å²) in [6, 6.07) is 15.3. The molecule has 19 heavy (non-hydrogen) atoms. The minimum Gasteiger partial charge on any atom is -0.348 e. The van der Waals surface area contributed by atoms with Crippen LogP contribution in [-0.4, -0.2) is 16.1 Å². The molecule has 0 radical (unpaired) electrons. The zero-order valence-electron chi connectivity index (χ0n) is 10.3. The number of nitrogens with one attached hydrogen (secondary N) is 2. The van der Waals surface area contributed by atoms with Gasteiger partial charge in [0.05, 0.1) is 11.7 Å². The van der Waals surface area contributed by atoms with Crippen molar-refractivity contribution in [2.24, 2.45) is 0 Å². The molecule has 0 atom stereocenters. The Balaban J connectivity index is 1.73. The van der Waals surface area contributed by atoms with E-state index in [1.807, 2.05) is 42.5 Å². The monoisotopic (exact) mass is 251 g/mol. The highest BCUT2D eigenvalue weighted by atomic mass is 16.1. The van der Waals surface area contributed by atoms with Crippen LogP contribution in [0, 0.1) is 0 Å². The van der Waals surface area contributed by atoms with E-state index in [9.17, 15) is 4.79 Å². The molecule has 0 saturated carbocycles. The second-order valence-electron chi connectivity index (χ2n) is 4.34. The number of H-pyrrole nitrogens is 1. The molecule has 0 bridgehead atoms. The lowest BCUT2D eigenvalue weighted by atomic mass is 10.1. The van der Waals surface area contributed by atoms with E-state index in [4.69, 9.17) is 0 Å². The molecule has 2 N–H and O–H groups in total. The van der Waals surface area contributed by atoms with Gasteiger partial charge in [-0.1, -0.05) is 36.4 Å². The molecule has 1 aromatic heterocycles. The molecule has 0 unspecified atom stereocenters. The Morgan fingerprint density at radius 3 is 2.84 bits per heavy atom. The standard InChI is InChI=1S/C15H13N3O/c19-15(16-9-11-4-2-1-3-5-11)12-6-7-13-10-17-18-14(13)8-12/h1-8,10H,9H2,(H,16,19)(H,17,18). The van der Waals surface area contributed by atoms with Crippen molar-refractivity contribution in [1.82, 2.24) is 15.5 Å². The number of hydrogen-bond donors (Lipinski definition) is 2. The first-order valence-corrected chi connectivity index (χ1v) is 6.08. The Hall–Kier alpha value is -2.62. The summed E-state index contributed by atoms with van der Waals surface area (Å²) in [5, 5.41) is 10.7. The Bertz CT molecular complexity index is 703. The van der Waals surface area contributed by atoms with Gasteiger partial charge >= 0.3 is 0 Å². The second kappa shape index (κ2) is 4.94. The molecular weight excluding hydrogens is 238 g/mol. The van der Waals surface area contributed by atoms with Crippen molar-refractivity contribution < 1.29 is 4.79 Å².